The van der Waals surface area contributed by atoms with E-state index in [-0.39, 0.29) is 0 Å². The monoisotopic (exact) mass is 214 g/mol. The highest BCUT2D eigenvalue weighted by Gasteiger charge is 2.13. The molecule has 1 atom stereocenters. The normalized spacial score (nSPS) is 24.4. The van der Waals surface area contributed by atoms with Gasteiger partial charge in [-0.2, -0.15) is 0 Å². The van der Waals surface area contributed by atoms with Crippen molar-refractivity contribution in [1.82, 2.24) is 10.2 Å². The molecular weight excluding hydrogens is 188 g/mol. The van der Waals surface area contributed by atoms with Crippen molar-refractivity contribution in [3.05, 3.63) is 0 Å². The van der Waals surface area contributed by atoms with Crippen molar-refractivity contribution in [2.75, 3.05) is 45.9 Å². The van der Waals surface area contributed by atoms with Crippen LogP contribution in [-0.4, -0.2) is 50.8 Å². The van der Waals surface area contributed by atoms with Gasteiger partial charge >= 0.3 is 0 Å². The molecule has 0 spiro atoms. The van der Waals surface area contributed by atoms with E-state index in [2.05, 4.69) is 31.0 Å². The first-order valence-corrected chi connectivity index (χ1v) is 6.19. The van der Waals surface area contributed by atoms with Crippen LogP contribution in [0.25, 0.3) is 0 Å². The molecule has 0 aliphatic carbocycles. The van der Waals surface area contributed by atoms with E-state index in [4.69, 9.17) is 4.74 Å². The van der Waals surface area contributed by atoms with E-state index >= 15 is 0 Å². The van der Waals surface area contributed by atoms with Gasteiger partial charge in [0.1, 0.15) is 0 Å². The first-order chi connectivity index (χ1) is 7.18. The van der Waals surface area contributed by atoms with Gasteiger partial charge in [-0.15, -0.1) is 0 Å². The predicted molar refractivity (Wildman–Crippen MR) is 64.1 cm³/mol. The molecule has 0 aromatic heterocycles. The van der Waals surface area contributed by atoms with Crippen molar-refractivity contribution >= 4 is 0 Å². The Labute approximate surface area is 94.2 Å². The highest BCUT2D eigenvalue weighted by molar-refractivity contribution is 4.70. The summed E-state index contributed by atoms with van der Waals surface area (Å²) < 4.78 is 5.61. The highest BCUT2D eigenvalue weighted by Crippen LogP contribution is 2.02. The van der Waals surface area contributed by atoms with E-state index in [1.54, 1.807) is 0 Å². The highest BCUT2D eigenvalue weighted by atomic mass is 16.5. The van der Waals surface area contributed by atoms with E-state index < -0.39 is 0 Å². The van der Waals surface area contributed by atoms with Gasteiger partial charge in [-0.25, -0.2) is 0 Å². The number of ether oxygens (including phenoxy) is 1. The molecule has 90 valence electrons. The van der Waals surface area contributed by atoms with Gasteiger partial charge in [0.05, 0.1) is 6.61 Å². The van der Waals surface area contributed by atoms with Crippen LogP contribution in [0.15, 0.2) is 0 Å². The summed E-state index contributed by atoms with van der Waals surface area (Å²) in [6, 6.07) is 0. The number of hydrogen-bond acceptors (Lipinski definition) is 3. The van der Waals surface area contributed by atoms with Crippen LogP contribution in [-0.2, 0) is 4.74 Å². The molecule has 1 unspecified atom stereocenters. The molecule has 0 aromatic carbocycles. The lowest BCUT2D eigenvalue weighted by Gasteiger charge is -2.21. The lowest BCUT2D eigenvalue weighted by molar-refractivity contribution is 0.0845. The Morgan fingerprint density at radius 2 is 2.27 bits per heavy atom. The van der Waals surface area contributed by atoms with Crippen LogP contribution in [0.2, 0.25) is 0 Å². The molecule has 1 rings (SSSR count). The van der Waals surface area contributed by atoms with E-state index in [1.807, 2.05) is 0 Å². The molecule has 15 heavy (non-hydrogen) atoms. The zero-order chi connectivity index (χ0) is 11.1. The van der Waals surface area contributed by atoms with Crippen molar-refractivity contribution in [2.24, 2.45) is 11.8 Å². The van der Waals surface area contributed by atoms with Crippen molar-refractivity contribution in [3.63, 3.8) is 0 Å². The molecule has 0 amide bonds. The number of nitrogens with zero attached hydrogens (tertiary/aromatic N) is 1. The second-order valence-corrected chi connectivity index (χ2v) is 5.08. The van der Waals surface area contributed by atoms with Gasteiger partial charge in [-0.3, -0.25) is 4.90 Å². The average molecular weight is 214 g/mol. The van der Waals surface area contributed by atoms with Crippen LogP contribution in [0.4, 0.5) is 0 Å². The van der Waals surface area contributed by atoms with Crippen molar-refractivity contribution in [3.8, 4) is 0 Å². The Bertz CT molecular complexity index is 162. The molecular formula is C12H26N2O. The SMILES string of the molecule is CC(C)COCCN1CCNCC(C)C1. The van der Waals surface area contributed by atoms with E-state index in [0.717, 1.165) is 45.3 Å². The third kappa shape index (κ3) is 6.13. The van der Waals surface area contributed by atoms with Gasteiger partial charge in [0, 0.05) is 32.8 Å². The van der Waals surface area contributed by atoms with Gasteiger partial charge in [0.25, 0.3) is 0 Å². The zero-order valence-corrected chi connectivity index (χ0v) is 10.5. The van der Waals surface area contributed by atoms with E-state index in [9.17, 15) is 0 Å². The Morgan fingerprint density at radius 3 is 3.00 bits per heavy atom. The summed E-state index contributed by atoms with van der Waals surface area (Å²) in [5, 5.41) is 3.45. The van der Waals surface area contributed by atoms with E-state index in [1.165, 1.54) is 6.54 Å². The maximum atomic E-state index is 5.61. The molecule has 1 fully saturated rings. The van der Waals surface area contributed by atoms with Crippen LogP contribution in [0.1, 0.15) is 20.8 Å². The Morgan fingerprint density at radius 1 is 1.47 bits per heavy atom. The first-order valence-electron chi connectivity index (χ1n) is 6.19. The Balaban J connectivity index is 2.08. The van der Waals surface area contributed by atoms with Crippen LogP contribution in [0.5, 0.6) is 0 Å². The number of nitrogens with one attached hydrogen (secondary N) is 1. The molecule has 0 saturated carbocycles. The minimum Gasteiger partial charge on any atom is -0.380 e. The summed E-state index contributed by atoms with van der Waals surface area (Å²) in [6.07, 6.45) is 0. The van der Waals surface area contributed by atoms with Gasteiger partial charge in [0.15, 0.2) is 0 Å². The number of hydrogen-bond donors (Lipinski definition) is 1. The minimum atomic E-state index is 0.648. The van der Waals surface area contributed by atoms with Gasteiger partial charge in [0.2, 0.25) is 0 Å². The molecule has 0 aromatic rings. The van der Waals surface area contributed by atoms with Gasteiger partial charge < -0.3 is 10.1 Å². The maximum absolute atomic E-state index is 5.61. The summed E-state index contributed by atoms with van der Waals surface area (Å²) in [7, 11) is 0. The molecule has 1 aliphatic rings. The summed E-state index contributed by atoms with van der Waals surface area (Å²) in [5.41, 5.74) is 0. The zero-order valence-electron chi connectivity index (χ0n) is 10.5. The second kappa shape index (κ2) is 7.20. The van der Waals surface area contributed by atoms with Crippen LogP contribution >= 0.6 is 0 Å². The third-order valence-corrected chi connectivity index (χ3v) is 2.67. The van der Waals surface area contributed by atoms with E-state index in [0.29, 0.717) is 5.92 Å². The summed E-state index contributed by atoms with van der Waals surface area (Å²) in [4.78, 5) is 2.50. The third-order valence-electron chi connectivity index (χ3n) is 2.67. The predicted octanol–water partition coefficient (Wildman–Crippen LogP) is 1.20. The fourth-order valence-corrected chi connectivity index (χ4v) is 1.90. The van der Waals surface area contributed by atoms with Crippen LogP contribution in [0.3, 0.4) is 0 Å². The van der Waals surface area contributed by atoms with Crippen molar-refractivity contribution in [1.29, 1.82) is 0 Å². The molecule has 1 N–H and O–H groups in total. The standard InChI is InChI=1S/C12H26N2O/c1-11(2)10-15-7-6-14-5-4-13-8-12(3)9-14/h11-13H,4-10H2,1-3H3. The summed E-state index contributed by atoms with van der Waals surface area (Å²) in [5.74, 6) is 1.41. The average Bonchev–Trinajstić information content (AvgIpc) is 2.37. The fraction of sp³-hybridized carbons (Fsp3) is 1.00. The first kappa shape index (κ1) is 12.9. The molecule has 1 heterocycles. The topological polar surface area (TPSA) is 24.5 Å². The summed E-state index contributed by atoms with van der Waals surface area (Å²) in [6.45, 7) is 14.2. The molecule has 1 aliphatic heterocycles. The Kier molecular flexibility index (Phi) is 6.22. The fourth-order valence-electron chi connectivity index (χ4n) is 1.90. The molecule has 0 radical (unpaired) electrons. The Hall–Kier alpha value is -0.120. The largest absolute Gasteiger partial charge is 0.380 e. The van der Waals surface area contributed by atoms with Gasteiger partial charge in [-0.05, 0) is 18.4 Å². The smallest absolute Gasteiger partial charge is 0.0593 e. The summed E-state index contributed by atoms with van der Waals surface area (Å²) >= 11 is 0. The minimum absolute atomic E-state index is 0.648. The maximum Gasteiger partial charge on any atom is 0.0593 e. The number of rotatable bonds is 5. The van der Waals surface area contributed by atoms with Gasteiger partial charge in [-0.1, -0.05) is 20.8 Å². The van der Waals surface area contributed by atoms with Crippen molar-refractivity contribution in [2.45, 2.75) is 20.8 Å². The molecule has 0 bridgehead atoms. The molecule has 3 nitrogen and oxygen atoms in total. The van der Waals surface area contributed by atoms with Crippen molar-refractivity contribution < 1.29 is 4.74 Å². The second-order valence-electron chi connectivity index (χ2n) is 5.08. The molecule has 3 heteroatoms. The molecule has 1 saturated heterocycles. The lowest BCUT2D eigenvalue weighted by atomic mass is 10.2. The van der Waals surface area contributed by atoms with Crippen LogP contribution < -0.4 is 5.32 Å². The quantitative estimate of drug-likeness (QED) is 0.696. The van der Waals surface area contributed by atoms with Crippen LogP contribution in [0, 0.1) is 11.8 Å². The lowest BCUT2D eigenvalue weighted by Crippen LogP contribution is -2.32.